The molecule has 8 heteroatoms. The van der Waals surface area contributed by atoms with Gasteiger partial charge in [-0.3, -0.25) is 9.89 Å². The summed E-state index contributed by atoms with van der Waals surface area (Å²) in [6.45, 7) is 3.55. The summed E-state index contributed by atoms with van der Waals surface area (Å²) in [5.41, 5.74) is 1.71. The largest absolute Gasteiger partial charge is 0.439 e. The lowest BCUT2D eigenvalue weighted by atomic mass is 10.2. The Hall–Kier alpha value is -2.48. The van der Waals surface area contributed by atoms with Gasteiger partial charge in [-0.1, -0.05) is 12.1 Å². The average molecular weight is 347 g/mol. The number of piperazine rings is 1. The molecule has 0 unspecified atom stereocenters. The molecule has 2 aliphatic heterocycles. The molecule has 25 heavy (non-hydrogen) atoms. The summed E-state index contributed by atoms with van der Waals surface area (Å²) in [7, 11) is 0. The monoisotopic (exact) mass is 347 g/mol. The van der Waals surface area contributed by atoms with Crippen molar-refractivity contribution in [3.05, 3.63) is 41.6 Å². The number of hydrogen-bond donors (Lipinski definition) is 1. The quantitative estimate of drug-likeness (QED) is 0.917. The minimum absolute atomic E-state index is 0.0586. The summed E-state index contributed by atoms with van der Waals surface area (Å²) in [5, 5.41) is 2.89. The average Bonchev–Trinajstić information content (AvgIpc) is 3.04. The predicted molar refractivity (Wildman–Crippen MR) is 90.4 cm³/mol. The number of fused-ring (bicyclic) bond motifs is 1. The number of para-hydroxylation sites is 2. The van der Waals surface area contributed by atoms with Gasteiger partial charge in [0.25, 0.3) is 6.43 Å². The third kappa shape index (κ3) is 3.34. The minimum Gasteiger partial charge on any atom is -0.439 e. The number of nitrogens with zero attached hydrogens (tertiary/aromatic N) is 4. The van der Waals surface area contributed by atoms with Gasteiger partial charge in [0.1, 0.15) is 11.3 Å². The predicted octanol–water partition coefficient (Wildman–Crippen LogP) is 2.05. The summed E-state index contributed by atoms with van der Waals surface area (Å²) in [4.78, 5) is 12.6. The maximum Gasteiger partial charge on any atom is 0.265 e. The van der Waals surface area contributed by atoms with Gasteiger partial charge in [0.15, 0.2) is 5.58 Å². The second-order valence-corrected chi connectivity index (χ2v) is 6.13. The van der Waals surface area contributed by atoms with Crippen LogP contribution in [0, 0.1) is 0 Å². The first-order valence-corrected chi connectivity index (χ1v) is 8.28. The lowest BCUT2D eigenvalue weighted by molar-refractivity contribution is 0.131. The molecule has 132 valence electrons. The highest BCUT2D eigenvalue weighted by Gasteiger charge is 2.26. The maximum atomic E-state index is 13.2. The van der Waals surface area contributed by atoms with Gasteiger partial charge in [-0.2, -0.15) is 0 Å². The van der Waals surface area contributed by atoms with Crippen molar-refractivity contribution < 1.29 is 13.2 Å². The molecule has 3 heterocycles. The molecule has 0 amide bonds. The van der Waals surface area contributed by atoms with Gasteiger partial charge in [0, 0.05) is 26.2 Å². The van der Waals surface area contributed by atoms with E-state index < -0.39 is 6.43 Å². The fourth-order valence-electron chi connectivity index (χ4n) is 3.19. The van der Waals surface area contributed by atoms with Crippen molar-refractivity contribution in [1.29, 1.82) is 0 Å². The van der Waals surface area contributed by atoms with Crippen LogP contribution in [0.1, 0.15) is 5.89 Å². The molecule has 1 saturated heterocycles. The molecule has 1 aromatic heterocycles. The summed E-state index contributed by atoms with van der Waals surface area (Å²) in [5.74, 6) is 1.19. The van der Waals surface area contributed by atoms with E-state index in [0.29, 0.717) is 31.3 Å². The molecule has 0 aliphatic carbocycles. The SMILES string of the molecule is FC(F)C1=C(N2CCN(Cc3nc4ccccc4o3)CC2)NC=NC1. The summed E-state index contributed by atoms with van der Waals surface area (Å²) < 4.78 is 32.1. The first-order chi connectivity index (χ1) is 12.2. The Kier molecular flexibility index (Phi) is 4.35. The van der Waals surface area contributed by atoms with Crippen LogP contribution in [0.2, 0.25) is 0 Å². The number of rotatable bonds is 4. The van der Waals surface area contributed by atoms with Crippen molar-refractivity contribution in [3.8, 4) is 0 Å². The second kappa shape index (κ2) is 6.79. The van der Waals surface area contributed by atoms with Crippen molar-refractivity contribution in [1.82, 2.24) is 20.1 Å². The number of benzene rings is 1. The molecular weight excluding hydrogens is 328 g/mol. The third-order valence-corrected chi connectivity index (χ3v) is 4.51. The highest BCUT2D eigenvalue weighted by molar-refractivity contribution is 5.72. The van der Waals surface area contributed by atoms with Gasteiger partial charge in [-0.05, 0) is 12.1 Å². The standard InChI is InChI=1S/C17H19F2N5O/c18-16(19)12-9-20-11-21-17(12)24-7-5-23(6-8-24)10-15-22-13-3-1-2-4-14(13)25-15/h1-4,11,16H,5-10H2,(H,20,21). The van der Waals surface area contributed by atoms with Crippen molar-refractivity contribution >= 4 is 17.4 Å². The zero-order valence-corrected chi connectivity index (χ0v) is 13.7. The Labute approximate surface area is 143 Å². The number of aliphatic imine (C=N–C) groups is 1. The number of oxazole rings is 1. The van der Waals surface area contributed by atoms with E-state index in [-0.39, 0.29) is 12.1 Å². The van der Waals surface area contributed by atoms with E-state index in [9.17, 15) is 8.78 Å². The Morgan fingerprint density at radius 2 is 1.96 bits per heavy atom. The summed E-state index contributed by atoms with van der Waals surface area (Å²) in [6.07, 6.45) is -0.996. The molecule has 0 saturated carbocycles. The van der Waals surface area contributed by atoms with E-state index in [4.69, 9.17) is 4.42 Å². The van der Waals surface area contributed by atoms with Crippen LogP contribution in [0.15, 0.2) is 45.1 Å². The zero-order valence-electron chi connectivity index (χ0n) is 13.7. The zero-order chi connectivity index (χ0) is 17.2. The van der Waals surface area contributed by atoms with Crippen LogP contribution in [0.25, 0.3) is 11.1 Å². The van der Waals surface area contributed by atoms with E-state index >= 15 is 0 Å². The number of aromatic nitrogens is 1. The topological polar surface area (TPSA) is 56.9 Å². The van der Waals surface area contributed by atoms with Crippen LogP contribution in [0.3, 0.4) is 0 Å². The van der Waals surface area contributed by atoms with Gasteiger partial charge >= 0.3 is 0 Å². The molecule has 2 aromatic rings. The Balaban J connectivity index is 1.39. The fraction of sp³-hybridized carbons (Fsp3) is 0.412. The molecule has 2 aliphatic rings. The Bertz CT molecular complexity index is 775. The second-order valence-electron chi connectivity index (χ2n) is 6.13. The Morgan fingerprint density at radius 1 is 1.16 bits per heavy atom. The molecule has 6 nitrogen and oxygen atoms in total. The molecule has 4 rings (SSSR count). The van der Waals surface area contributed by atoms with Crippen LogP contribution in [-0.4, -0.2) is 60.3 Å². The lowest BCUT2D eigenvalue weighted by Gasteiger charge is -2.38. The van der Waals surface area contributed by atoms with E-state index in [1.807, 2.05) is 29.2 Å². The van der Waals surface area contributed by atoms with E-state index in [2.05, 4.69) is 20.2 Å². The van der Waals surface area contributed by atoms with Crippen molar-refractivity contribution in [3.63, 3.8) is 0 Å². The number of nitrogens with one attached hydrogen (secondary N) is 1. The molecular formula is C17H19F2N5O. The van der Waals surface area contributed by atoms with Crippen LogP contribution >= 0.6 is 0 Å². The van der Waals surface area contributed by atoms with Crippen LogP contribution in [0.4, 0.5) is 8.78 Å². The number of alkyl halides is 2. The summed E-state index contributed by atoms with van der Waals surface area (Å²) >= 11 is 0. The van der Waals surface area contributed by atoms with Gasteiger partial charge in [-0.15, -0.1) is 0 Å². The minimum atomic E-state index is -2.49. The maximum absolute atomic E-state index is 13.2. The first-order valence-electron chi connectivity index (χ1n) is 8.28. The normalized spacial score (nSPS) is 19.1. The van der Waals surface area contributed by atoms with Gasteiger partial charge < -0.3 is 14.6 Å². The van der Waals surface area contributed by atoms with Crippen molar-refractivity contribution in [2.45, 2.75) is 13.0 Å². The van der Waals surface area contributed by atoms with Crippen LogP contribution in [-0.2, 0) is 6.54 Å². The molecule has 0 bridgehead atoms. The van der Waals surface area contributed by atoms with Gasteiger partial charge in [0.2, 0.25) is 5.89 Å². The van der Waals surface area contributed by atoms with Crippen LogP contribution < -0.4 is 5.32 Å². The van der Waals surface area contributed by atoms with Gasteiger partial charge in [0.05, 0.1) is 25.0 Å². The van der Waals surface area contributed by atoms with Crippen molar-refractivity contribution in [2.75, 3.05) is 32.7 Å². The molecule has 1 N–H and O–H groups in total. The van der Waals surface area contributed by atoms with E-state index in [1.165, 1.54) is 6.34 Å². The molecule has 0 atom stereocenters. The number of halogens is 2. The van der Waals surface area contributed by atoms with Crippen LogP contribution in [0.5, 0.6) is 0 Å². The Morgan fingerprint density at radius 3 is 2.72 bits per heavy atom. The fourth-order valence-corrected chi connectivity index (χ4v) is 3.19. The number of hydrogen-bond acceptors (Lipinski definition) is 6. The first kappa shape index (κ1) is 16.0. The van der Waals surface area contributed by atoms with Gasteiger partial charge in [-0.25, -0.2) is 13.8 Å². The molecule has 1 fully saturated rings. The third-order valence-electron chi connectivity index (χ3n) is 4.51. The smallest absolute Gasteiger partial charge is 0.265 e. The summed E-state index contributed by atoms with van der Waals surface area (Å²) in [6, 6.07) is 7.68. The van der Waals surface area contributed by atoms with E-state index in [1.54, 1.807) is 0 Å². The van der Waals surface area contributed by atoms with E-state index in [0.717, 1.165) is 24.2 Å². The molecule has 0 spiro atoms. The van der Waals surface area contributed by atoms with Crippen molar-refractivity contribution in [2.24, 2.45) is 4.99 Å². The highest BCUT2D eigenvalue weighted by Crippen LogP contribution is 2.21. The molecule has 1 aromatic carbocycles. The lowest BCUT2D eigenvalue weighted by Crippen LogP contribution is -2.48. The molecule has 0 radical (unpaired) electrons. The highest BCUT2D eigenvalue weighted by atomic mass is 19.3.